The van der Waals surface area contributed by atoms with Crippen molar-refractivity contribution in [3.8, 4) is 0 Å². The molecule has 5 aromatic carbocycles. The summed E-state index contributed by atoms with van der Waals surface area (Å²) in [5.74, 6) is 5.53. The molecule has 0 bridgehead atoms. The number of hydrogen-bond donors (Lipinski definition) is 2. The van der Waals surface area contributed by atoms with Crippen LogP contribution in [0.25, 0.3) is 48.2 Å². The van der Waals surface area contributed by atoms with Gasteiger partial charge in [0.2, 0.25) is 0 Å². The number of hydrogen-bond acceptors (Lipinski definition) is 3. The topological polar surface area (TPSA) is 43.0 Å². The van der Waals surface area contributed by atoms with Crippen LogP contribution in [0.4, 0.5) is 0 Å². The molecule has 0 atom stereocenters. The molecule has 7 aromatic rings. The lowest BCUT2D eigenvalue weighted by Crippen LogP contribution is -2.23. The van der Waals surface area contributed by atoms with Crippen LogP contribution in [0.3, 0.4) is 0 Å². The molecule has 4 heteroatoms. The van der Waals surface area contributed by atoms with E-state index in [2.05, 4.69) is 150 Å². The highest BCUT2D eigenvalue weighted by Crippen LogP contribution is 2.42. The van der Waals surface area contributed by atoms with Crippen LogP contribution in [-0.2, 0) is 6.42 Å². The Morgan fingerprint density at radius 3 is 1.98 bits per heavy atom. The summed E-state index contributed by atoms with van der Waals surface area (Å²) in [6, 6.07) is 42.8. The number of para-hydroxylation sites is 1. The van der Waals surface area contributed by atoms with E-state index >= 15 is 0 Å². The Hall–Kier alpha value is -4.74. The molecule has 44 heavy (non-hydrogen) atoms. The lowest BCUT2D eigenvalue weighted by atomic mass is 10.1. The molecule has 0 amide bonds. The van der Waals surface area contributed by atoms with E-state index in [1.165, 1.54) is 53.1 Å². The Labute approximate surface area is 264 Å². The number of rotatable bonds is 7. The van der Waals surface area contributed by atoms with Gasteiger partial charge in [-0.15, -0.1) is 11.3 Å². The van der Waals surface area contributed by atoms with Gasteiger partial charge in [-0.3, -0.25) is 11.3 Å². The maximum Gasteiger partial charge on any atom is 0.0542 e. The van der Waals surface area contributed by atoms with Crippen LogP contribution in [0.15, 0.2) is 152 Å². The van der Waals surface area contributed by atoms with Gasteiger partial charge in [0.25, 0.3) is 0 Å². The van der Waals surface area contributed by atoms with Crippen molar-refractivity contribution in [2.45, 2.75) is 20.3 Å². The average Bonchev–Trinajstić information content (AvgIpc) is 3.61. The molecule has 0 unspecified atom stereocenters. The molecule has 0 saturated heterocycles. The summed E-state index contributed by atoms with van der Waals surface area (Å²) in [6.07, 6.45) is 8.99. The van der Waals surface area contributed by atoms with Crippen molar-refractivity contribution >= 4 is 59.5 Å². The van der Waals surface area contributed by atoms with Gasteiger partial charge in [-0.05, 0) is 53.5 Å². The highest BCUT2D eigenvalue weighted by Gasteiger charge is 2.15. The quantitative estimate of drug-likeness (QED) is 0.110. The van der Waals surface area contributed by atoms with Crippen molar-refractivity contribution in [2.75, 3.05) is 6.54 Å². The van der Waals surface area contributed by atoms with Crippen molar-refractivity contribution in [3.63, 3.8) is 0 Å². The van der Waals surface area contributed by atoms with Crippen LogP contribution in [0.1, 0.15) is 25.0 Å². The normalized spacial score (nSPS) is 11.5. The molecule has 0 aliphatic heterocycles. The lowest BCUT2D eigenvalue weighted by molar-refractivity contribution is 0.806. The van der Waals surface area contributed by atoms with Gasteiger partial charge in [-0.2, -0.15) is 0 Å². The molecule has 3 N–H and O–H groups in total. The van der Waals surface area contributed by atoms with E-state index in [0.29, 0.717) is 6.54 Å². The van der Waals surface area contributed by atoms with Gasteiger partial charge < -0.3 is 4.57 Å². The minimum absolute atomic E-state index is 0.582. The van der Waals surface area contributed by atoms with E-state index in [9.17, 15) is 0 Å². The Balaban J connectivity index is 0.000000214. The summed E-state index contributed by atoms with van der Waals surface area (Å²) in [5.41, 5.74) is 8.93. The summed E-state index contributed by atoms with van der Waals surface area (Å²) in [5, 5.41) is 5.25. The van der Waals surface area contributed by atoms with E-state index in [1.807, 2.05) is 31.3 Å². The van der Waals surface area contributed by atoms with Crippen molar-refractivity contribution in [1.29, 1.82) is 0 Å². The molecule has 0 saturated carbocycles. The zero-order valence-corrected chi connectivity index (χ0v) is 26.2. The standard InChI is InChI=1S/C25H21N3S.C13H12.C2H6/c1-2-7-17(16-27-26)14-15-28-20-10-5-3-8-18(20)24-21(28)12-13-23-25(24)19-9-4-6-11-22(19)29-23;1-3-7-12(8-4-1)11-13-9-5-2-6-10-13;1-2/h2-15,27H,1,16,26H2;1-10H,11H2;1-2H3/b15-14-,17-7+;;. The van der Waals surface area contributed by atoms with Crippen LogP contribution in [0, 0.1) is 0 Å². The number of benzene rings is 5. The van der Waals surface area contributed by atoms with Crippen LogP contribution in [0.2, 0.25) is 0 Å². The number of nitrogens with one attached hydrogen (secondary N) is 1. The monoisotopic (exact) mass is 593 g/mol. The number of thiophene rings is 1. The van der Waals surface area contributed by atoms with Crippen molar-refractivity contribution < 1.29 is 0 Å². The van der Waals surface area contributed by atoms with Gasteiger partial charge in [-0.1, -0.05) is 130 Å². The van der Waals surface area contributed by atoms with E-state index in [1.54, 1.807) is 6.08 Å². The number of allylic oxidation sites excluding steroid dienone is 2. The van der Waals surface area contributed by atoms with Crippen molar-refractivity contribution in [1.82, 2.24) is 9.99 Å². The second-order valence-corrected chi connectivity index (χ2v) is 11.2. The maximum atomic E-state index is 5.53. The molecule has 7 rings (SSSR count). The van der Waals surface area contributed by atoms with Gasteiger partial charge in [0, 0.05) is 43.7 Å². The molecule has 0 aliphatic rings. The van der Waals surface area contributed by atoms with Crippen LogP contribution in [0.5, 0.6) is 0 Å². The van der Waals surface area contributed by atoms with Gasteiger partial charge in [0.05, 0.1) is 11.0 Å². The molecular weight excluding hydrogens is 555 g/mol. The average molecular weight is 594 g/mol. The van der Waals surface area contributed by atoms with Crippen LogP contribution < -0.4 is 11.3 Å². The summed E-state index contributed by atoms with van der Waals surface area (Å²) >= 11 is 1.86. The van der Waals surface area contributed by atoms with Gasteiger partial charge in [-0.25, -0.2) is 0 Å². The Morgan fingerprint density at radius 1 is 0.705 bits per heavy atom. The number of nitrogens with two attached hydrogens (primary N) is 1. The Kier molecular flexibility index (Phi) is 10.6. The third kappa shape index (κ3) is 6.74. The maximum absolute atomic E-state index is 5.53. The fraction of sp³-hybridized carbons (Fsp3) is 0.100. The number of aromatic nitrogens is 1. The van der Waals surface area contributed by atoms with Crippen molar-refractivity contribution in [3.05, 3.63) is 163 Å². The molecule has 0 aliphatic carbocycles. The zero-order valence-electron chi connectivity index (χ0n) is 25.4. The molecule has 2 heterocycles. The molecule has 0 fully saturated rings. The van der Waals surface area contributed by atoms with Gasteiger partial charge in [0.1, 0.15) is 0 Å². The summed E-state index contributed by atoms with van der Waals surface area (Å²) in [4.78, 5) is 0. The predicted octanol–water partition coefficient (Wildman–Crippen LogP) is 10.5. The highest BCUT2D eigenvalue weighted by atomic mass is 32.1. The summed E-state index contributed by atoms with van der Waals surface area (Å²) in [7, 11) is 0. The molecule has 2 aromatic heterocycles. The van der Waals surface area contributed by atoms with E-state index in [4.69, 9.17) is 5.84 Å². The Morgan fingerprint density at radius 2 is 1.32 bits per heavy atom. The summed E-state index contributed by atoms with van der Waals surface area (Å²) < 4.78 is 4.92. The van der Waals surface area contributed by atoms with E-state index in [0.717, 1.165) is 12.0 Å². The molecule has 0 radical (unpaired) electrons. The molecule has 3 nitrogen and oxygen atoms in total. The first kappa shape index (κ1) is 30.7. The molecule has 220 valence electrons. The minimum atomic E-state index is 0.582. The predicted molar refractivity (Wildman–Crippen MR) is 195 cm³/mol. The molecule has 0 spiro atoms. The fourth-order valence-electron chi connectivity index (χ4n) is 5.50. The smallest absolute Gasteiger partial charge is 0.0542 e. The second kappa shape index (κ2) is 15.1. The number of nitrogens with zero attached hydrogens (tertiary/aromatic N) is 1. The zero-order chi connectivity index (χ0) is 30.7. The first-order valence-electron chi connectivity index (χ1n) is 15.1. The SMILES string of the molecule is C=C/C=C(\C=C/n1c2ccccc2c2c3c(ccc21)sc1ccccc13)CNN.CC.c1ccc(Cc2ccccc2)cc1. The van der Waals surface area contributed by atoms with E-state index in [-0.39, 0.29) is 0 Å². The fourth-order valence-corrected chi connectivity index (χ4v) is 6.62. The first-order valence-corrected chi connectivity index (χ1v) is 15.9. The van der Waals surface area contributed by atoms with Crippen molar-refractivity contribution in [2.24, 2.45) is 5.84 Å². The van der Waals surface area contributed by atoms with E-state index < -0.39 is 0 Å². The number of fused-ring (bicyclic) bond motifs is 7. The van der Waals surface area contributed by atoms with Gasteiger partial charge >= 0.3 is 0 Å². The highest BCUT2D eigenvalue weighted by molar-refractivity contribution is 7.26. The summed E-state index contributed by atoms with van der Waals surface area (Å²) in [6.45, 7) is 8.38. The Bertz CT molecular complexity index is 1990. The van der Waals surface area contributed by atoms with Crippen LogP contribution >= 0.6 is 11.3 Å². The van der Waals surface area contributed by atoms with Gasteiger partial charge in [0.15, 0.2) is 0 Å². The largest absolute Gasteiger partial charge is 0.316 e. The second-order valence-electron chi connectivity index (χ2n) is 10.1. The van der Waals surface area contributed by atoms with Crippen LogP contribution in [-0.4, -0.2) is 11.1 Å². The first-order chi connectivity index (χ1) is 21.8. The third-order valence-corrected chi connectivity index (χ3v) is 8.52. The third-order valence-electron chi connectivity index (χ3n) is 7.38. The lowest BCUT2D eigenvalue weighted by Gasteiger charge is -2.03. The number of hydrazine groups is 1. The molecular formula is C40H39N3S. The minimum Gasteiger partial charge on any atom is -0.316 e.